The first-order chi connectivity index (χ1) is 18.7. The normalized spacial score (nSPS) is 17.8. The molecule has 0 bridgehead atoms. The molecule has 2 atom stereocenters. The van der Waals surface area contributed by atoms with Crippen molar-refractivity contribution in [1.29, 1.82) is 0 Å². The molecule has 1 aliphatic rings. The number of nitrogens with zero attached hydrogens (tertiary/aromatic N) is 2. The van der Waals surface area contributed by atoms with Crippen molar-refractivity contribution in [3.63, 3.8) is 0 Å². The molecule has 3 aromatic rings. The van der Waals surface area contributed by atoms with E-state index in [1.54, 1.807) is 0 Å². The molecule has 4 rings (SSSR count). The van der Waals surface area contributed by atoms with Crippen LogP contribution in [0.2, 0.25) is 0 Å². The monoisotopic (exact) mass is 528 g/mol. The summed E-state index contributed by atoms with van der Waals surface area (Å²) in [4.78, 5) is 4.81. The van der Waals surface area contributed by atoms with Gasteiger partial charge in [0, 0.05) is 30.7 Å². The number of benzene rings is 3. The summed E-state index contributed by atoms with van der Waals surface area (Å²) < 4.78 is 12.6. The first kappa shape index (κ1) is 29.2. The highest BCUT2D eigenvalue weighted by Gasteiger charge is 2.26. The van der Waals surface area contributed by atoms with Crippen LogP contribution >= 0.6 is 0 Å². The summed E-state index contributed by atoms with van der Waals surface area (Å²) in [5.74, 6) is 1.95. The van der Waals surface area contributed by atoms with Crippen LogP contribution < -0.4 is 9.47 Å². The summed E-state index contributed by atoms with van der Waals surface area (Å²) in [6, 6.07) is 21.1. The van der Waals surface area contributed by atoms with Gasteiger partial charge in [0.1, 0.15) is 11.5 Å². The molecule has 39 heavy (non-hydrogen) atoms. The van der Waals surface area contributed by atoms with E-state index in [1.165, 1.54) is 51.8 Å². The molecule has 1 saturated heterocycles. The summed E-state index contributed by atoms with van der Waals surface area (Å²) in [7, 11) is 4.19. The minimum Gasteiger partial charge on any atom is -0.493 e. The maximum Gasteiger partial charge on any atom is 0.124 e. The Kier molecular flexibility index (Phi) is 9.74. The molecule has 0 N–H and O–H groups in total. The Bertz CT molecular complexity index is 1240. The van der Waals surface area contributed by atoms with Crippen molar-refractivity contribution in [2.45, 2.75) is 85.5 Å². The summed E-state index contributed by atoms with van der Waals surface area (Å²) >= 11 is 0. The van der Waals surface area contributed by atoms with Crippen molar-refractivity contribution in [1.82, 2.24) is 9.80 Å². The molecule has 210 valence electrons. The van der Waals surface area contributed by atoms with E-state index in [0.717, 1.165) is 37.6 Å². The lowest BCUT2D eigenvalue weighted by molar-refractivity contribution is 0.191. The van der Waals surface area contributed by atoms with Gasteiger partial charge in [-0.2, -0.15) is 0 Å². The van der Waals surface area contributed by atoms with E-state index in [-0.39, 0.29) is 6.10 Å². The Morgan fingerprint density at radius 2 is 1.49 bits per heavy atom. The van der Waals surface area contributed by atoms with E-state index in [9.17, 15) is 0 Å². The van der Waals surface area contributed by atoms with Crippen LogP contribution in [0.4, 0.5) is 0 Å². The van der Waals surface area contributed by atoms with E-state index < -0.39 is 0 Å². The molecule has 1 heterocycles. The van der Waals surface area contributed by atoms with E-state index in [4.69, 9.17) is 9.47 Å². The second-order valence-electron chi connectivity index (χ2n) is 11.8. The zero-order valence-corrected chi connectivity index (χ0v) is 25.4. The van der Waals surface area contributed by atoms with Gasteiger partial charge in [-0.1, -0.05) is 42.5 Å². The largest absolute Gasteiger partial charge is 0.493 e. The average molecular weight is 529 g/mol. The second kappa shape index (κ2) is 13.0. The molecule has 1 aliphatic heterocycles. The summed E-state index contributed by atoms with van der Waals surface area (Å²) in [5.41, 5.74) is 8.58. The first-order valence-corrected chi connectivity index (χ1v) is 14.7. The molecule has 0 spiro atoms. The average Bonchev–Trinajstić information content (AvgIpc) is 3.20. The number of likely N-dealkylation sites (tertiary alicyclic amines) is 1. The molecule has 4 heteroatoms. The Labute approximate surface area is 236 Å². The molecule has 4 nitrogen and oxygen atoms in total. The molecular weight excluding hydrogens is 480 g/mol. The van der Waals surface area contributed by atoms with Crippen molar-refractivity contribution >= 4 is 0 Å². The van der Waals surface area contributed by atoms with Gasteiger partial charge < -0.3 is 14.4 Å². The number of hydrogen-bond donors (Lipinski definition) is 0. The summed E-state index contributed by atoms with van der Waals surface area (Å²) in [6.07, 6.45) is 3.81. The van der Waals surface area contributed by atoms with Crippen molar-refractivity contribution in [3.05, 3.63) is 71.3 Å². The quantitative estimate of drug-likeness (QED) is 0.235. The van der Waals surface area contributed by atoms with Crippen molar-refractivity contribution < 1.29 is 9.47 Å². The molecule has 0 saturated carbocycles. The van der Waals surface area contributed by atoms with Gasteiger partial charge >= 0.3 is 0 Å². The van der Waals surface area contributed by atoms with Crippen LogP contribution in [0.25, 0.3) is 22.3 Å². The number of rotatable bonds is 11. The van der Waals surface area contributed by atoms with Crippen LogP contribution in [0.3, 0.4) is 0 Å². The first-order valence-electron chi connectivity index (χ1n) is 14.7. The minimum absolute atomic E-state index is 0.126. The van der Waals surface area contributed by atoms with Crippen molar-refractivity contribution in [3.8, 4) is 33.8 Å². The highest BCUT2D eigenvalue weighted by Crippen LogP contribution is 2.38. The smallest absolute Gasteiger partial charge is 0.124 e. The molecule has 3 aromatic carbocycles. The summed E-state index contributed by atoms with van der Waals surface area (Å²) in [6.45, 7) is 16.0. The third kappa shape index (κ3) is 7.04. The van der Waals surface area contributed by atoms with Gasteiger partial charge in [0.05, 0.1) is 12.7 Å². The van der Waals surface area contributed by atoms with E-state index in [2.05, 4.69) is 120 Å². The topological polar surface area (TPSA) is 24.9 Å². The van der Waals surface area contributed by atoms with Gasteiger partial charge in [-0.05, 0) is 120 Å². The van der Waals surface area contributed by atoms with Crippen LogP contribution in [0.5, 0.6) is 11.5 Å². The third-order valence-corrected chi connectivity index (χ3v) is 8.09. The number of ether oxygens (including phenoxy) is 2. The van der Waals surface area contributed by atoms with Crippen LogP contribution in [-0.2, 0) is 6.54 Å². The fourth-order valence-corrected chi connectivity index (χ4v) is 5.98. The third-order valence-electron chi connectivity index (χ3n) is 8.09. The maximum atomic E-state index is 6.33. The Balaban J connectivity index is 1.55. The molecule has 0 unspecified atom stereocenters. The molecule has 0 aromatic heterocycles. The Morgan fingerprint density at radius 1 is 0.846 bits per heavy atom. The van der Waals surface area contributed by atoms with Crippen LogP contribution in [0.15, 0.2) is 54.6 Å². The van der Waals surface area contributed by atoms with E-state index in [0.29, 0.717) is 12.1 Å². The minimum atomic E-state index is 0.126. The fraction of sp³-hybridized carbons (Fsp3) is 0.486. The molecular formula is C35H48N2O2. The van der Waals surface area contributed by atoms with Gasteiger partial charge in [-0.3, -0.25) is 4.90 Å². The van der Waals surface area contributed by atoms with E-state index in [1.807, 2.05) is 0 Å². The lowest BCUT2D eigenvalue weighted by Crippen LogP contribution is -2.34. The van der Waals surface area contributed by atoms with Crippen molar-refractivity contribution in [2.75, 3.05) is 27.2 Å². The fourth-order valence-electron chi connectivity index (χ4n) is 5.98. The standard InChI is InChI=1S/C35H48N2O2/c1-24(2)39-35-22-29(18-19-30(35)23-36(7)8)31-12-9-13-32(27(31)5)33-14-10-15-34(28(33)6)38-21-11-20-37-25(3)16-17-26(37)4/h9-10,12-15,18-19,22,24-26H,11,16-17,20-21,23H2,1-8H3/t25-,26-/m1/s1. The van der Waals surface area contributed by atoms with Gasteiger partial charge in [0.25, 0.3) is 0 Å². The Morgan fingerprint density at radius 3 is 2.15 bits per heavy atom. The Hall–Kier alpha value is -2.82. The van der Waals surface area contributed by atoms with Crippen molar-refractivity contribution in [2.24, 2.45) is 0 Å². The van der Waals surface area contributed by atoms with E-state index >= 15 is 0 Å². The van der Waals surface area contributed by atoms with Gasteiger partial charge in [-0.25, -0.2) is 0 Å². The molecule has 1 fully saturated rings. The zero-order chi connectivity index (χ0) is 28.1. The highest BCUT2D eigenvalue weighted by atomic mass is 16.5. The predicted molar refractivity (Wildman–Crippen MR) is 165 cm³/mol. The van der Waals surface area contributed by atoms with Crippen LogP contribution in [-0.4, -0.2) is 55.2 Å². The van der Waals surface area contributed by atoms with Crippen LogP contribution in [0.1, 0.15) is 63.6 Å². The maximum absolute atomic E-state index is 6.33. The van der Waals surface area contributed by atoms with Crippen LogP contribution in [0, 0.1) is 13.8 Å². The number of hydrogen-bond acceptors (Lipinski definition) is 4. The second-order valence-corrected chi connectivity index (χ2v) is 11.8. The molecule has 0 aliphatic carbocycles. The van der Waals surface area contributed by atoms with Gasteiger partial charge in [-0.15, -0.1) is 0 Å². The van der Waals surface area contributed by atoms with Gasteiger partial charge in [0.2, 0.25) is 0 Å². The predicted octanol–water partition coefficient (Wildman–Crippen LogP) is 8.13. The SMILES string of the molecule is Cc1c(OCCCN2[C@H](C)CC[C@H]2C)cccc1-c1cccc(-c2ccc(CN(C)C)c(OC(C)C)c2)c1C. The van der Waals surface area contributed by atoms with Gasteiger partial charge in [0.15, 0.2) is 0 Å². The lowest BCUT2D eigenvalue weighted by Gasteiger charge is -2.25. The summed E-state index contributed by atoms with van der Waals surface area (Å²) in [5, 5.41) is 0. The molecule has 0 radical (unpaired) electrons. The highest BCUT2D eigenvalue weighted by molar-refractivity contribution is 5.81. The molecule has 0 amide bonds. The lowest BCUT2D eigenvalue weighted by atomic mass is 9.90. The zero-order valence-electron chi connectivity index (χ0n) is 25.4.